The van der Waals surface area contributed by atoms with E-state index in [-0.39, 0.29) is 11.7 Å². The normalized spacial score (nSPS) is 13.1. The highest BCUT2D eigenvalue weighted by Crippen LogP contribution is 2.35. The summed E-state index contributed by atoms with van der Waals surface area (Å²) < 4.78 is 12.5. The molecule has 0 spiro atoms. The van der Waals surface area contributed by atoms with E-state index in [1.54, 1.807) is 18.6 Å². The fraction of sp³-hybridized carbons (Fsp3) is 0.500. The van der Waals surface area contributed by atoms with E-state index in [9.17, 15) is 4.79 Å². The molecule has 2 aromatic carbocycles. The minimum atomic E-state index is 0.185. The summed E-state index contributed by atoms with van der Waals surface area (Å²) in [5.41, 5.74) is 3.87. The number of ketones is 1. The molecule has 0 saturated heterocycles. The number of ether oxygens (including phenoxy) is 2. The molecule has 2 atom stereocenters. The first-order valence-electron chi connectivity index (χ1n) is 20.6. The van der Waals surface area contributed by atoms with E-state index >= 15 is 0 Å². The molecule has 2 unspecified atom stereocenters. The second-order valence-corrected chi connectivity index (χ2v) is 14.4. The number of unbranched alkanes of at least 4 members (excludes halogenated alkanes) is 2. The lowest BCUT2D eigenvalue weighted by atomic mass is 10.0. The number of rotatable bonds is 16. The minimum Gasteiger partial charge on any atom is -0.492 e. The van der Waals surface area contributed by atoms with E-state index in [1.807, 2.05) is 82.3 Å². The average molecular weight is 766 g/mol. The van der Waals surface area contributed by atoms with Crippen LogP contribution >= 0.6 is 0 Å². The van der Waals surface area contributed by atoms with Gasteiger partial charge in [-0.2, -0.15) is 5.10 Å². The van der Waals surface area contributed by atoms with Crippen LogP contribution in [0.3, 0.4) is 0 Å². The molecule has 3 aromatic rings. The van der Waals surface area contributed by atoms with Gasteiger partial charge in [-0.25, -0.2) is 9.97 Å². The first-order chi connectivity index (χ1) is 26.9. The van der Waals surface area contributed by atoms with Crippen molar-refractivity contribution in [1.82, 2.24) is 15.0 Å². The van der Waals surface area contributed by atoms with E-state index in [0.717, 1.165) is 70.1 Å². The number of hydrazone groups is 1. The van der Waals surface area contributed by atoms with Gasteiger partial charge in [0.25, 0.3) is 0 Å². The van der Waals surface area contributed by atoms with Gasteiger partial charge in [0, 0.05) is 30.4 Å². The largest absolute Gasteiger partial charge is 0.492 e. The SMILES string of the molecule is C#CCC.C/C=N\N1C=CC(Oc2ccc(Nc3ncnc4ccc(C)c(OCC(C)CCCC)c34)cc2C)=CC1.CCC(C)C(=O)/C=C/C(C)C.CCCC. The number of anilines is 2. The second kappa shape index (κ2) is 28.5. The molecule has 306 valence electrons. The third kappa shape index (κ3) is 18.6. The van der Waals surface area contributed by atoms with Crippen LogP contribution in [0, 0.1) is 43.9 Å². The number of terminal acetylenes is 1. The summed E-state index contributed by atoms with van der Waals surface area (Å²) in [6.07, 6.45) is 25.6. The highest BCUT2D eigenvalue weighted by molar-refractivity contribution is 5.96. The number of nitrogens with one attached hydrogen (secondary N) is 1. The van der Waals surface area contributed by atoms with E-state index < -0.39 is 0 Å². The van der Waals surface area contributed by atoms with Crippen molar-refractivity contribution >= 4 is 34.4 Å². The maximum atomic E-state index is 11.2. The Balaban J connectivity index is 0.000000684. The van der Waals surface area contributed by atoms with Gasteiger partial charge in [0.05, 0.1) is 24.1 Å². The zero-order valence-electron chi connectivity index (χ0n) is 36.6. The molecule has 0 saturated carbocycles. The predicted octanol–water partition coefficient (Wildman–Crippen LogP) is 12.9. The van der Waals surface area contributed by atoms with Crippen molar-refractivity contribution in [2.75, 3.05) is 18.5 Å². The number of fused-ring (bicyclic) bond motifs is 1. The third-order valence-electron chi connectivity index (χ3n) is 8.78. The van der Waals surface area contributed by atoms with Gasteiger partial charge in [0.15, 0.2) is 5.78 Å². The van der Waals surface area contributed by atoms with Crippen LogP contribution in [0.5, 0.6) is 11.5 Å². The van der Waals surface area contributed by atoms with Crippen molar-refractivity contribution in [3.05, 3.63) is 84.0 Å². The Morgan fingerprint density at radius 3 is 2.29 bits per heavy atom. The third-order valence-corrected chi connectivity index (χ3v) is 8.78. The molecule has 8 heteroatoms. The molecule has 0 aliphatic carbocycles. The van der Waals surface area contributed by atoms with Crippen LogP contribution < -0.4 is 14.8 Å². The highest BCUT2D eigenvalue weighted by atomic mass is 16.5. The summed E-state index contributed by atoms with van der Waals surface area (Å²) >= 11 is 0. The number of nitrogens with zero attached hydrogens (tertiary/aromatic N) is 4. The van der Waals surface area contributed by atoms with Gasteiger partial charge in [-0.05, 0) is 99.1 Å². The standard InChI is InChI=1S/C30H37N5O2.C10H18O.C4H10.C4H6/c1-6-8-9-21(3)19-36-29-22(4)10-12-26-28(29)30(32-20-31-26)34-24-11-13-27(23(5)18-24)37-25-14-16-35(17-15-25)33-7-2;1-5-9(4)10(11)7-6-8(2)3;2*1-3-4-2/h7,10-16,18,20-21H,6,8-9,17,19H2,1-5H3,(H,31,32,34);6-9H,5H2,1-4H3;3-4H2,1-2H3;1H,4H2,2H3/b33-7-;7-6+;;. The monoisotopic (exact) mass is 766 g/mol. The summed E-state index contributed by atoms with van der Waals surface area (Å²) in [6, 6.07) is 10.1. The Morgan fingerprint density at radius 1 is 1.02 bits per heavy atom. The first kappa shape index (κ1) is 49.1. The lowest BCUT2D eigenvalue weighted by molar-refractivity contribution is -0.117. The summed E-state index contributed by atoms with van der Waals surface area (Å²) in [5.74, 6) is 7.02. The number of hydrogen-bond acceptors (Lipinski definition) is 8. The van der Waals surface area contributed by atoms with Crippen LogP contribution in [-0.4, -0.2) is 40.1 Å². The maximum absolute atomic E-state index is 11.2. The van der Waals surface area contributed by atoms with Crippen LogP contribution in [0.1, 0.15) is 125 Å². The number of aryl methyl sites for hydroxylation is 2. The van der Waals surface area contributed by atoms with Gasteiger partial charge in [-0.3, -0.25) is 9.80 Å². The summed E-state index contributed by atoms with van der Waals surface area (Å²) in [5, 5.41) is 10.5. The van der Waals surface area contributed by atoms with Gasteiger partial charge in [0.2, 0.25) is 0 Å². The minimum absolute atomic E-state index is 0.185. The van der Waals surface area contributed by atoms with Crippen LogP contribution in [0.4, 0.5) is 11.5 Å². The second-order valence-electron chi connectivity index (χ2n) is 14.4. The molecule has 0 amide bonds. The molecule has 1 N–H and O–H groups in total. The van der Waals surface area contributed by atoms with E-state index in [0.29, 0.717) is 25.0 Å². The summed E-state index contributed by atoms with van der Waals surface area (Å²) in [6.45, 7) is 26.3. The van der Waals surface area contributed by atoms with Crippen molar-refractivity contribution in [1.29, 1.82) is 0 Å². The molecule has 4 rings (SSSR count). The van der Waals surface area contributed by atoms with E-state index in [4.69, 9.17) is 15.9 Å². The Labute approximate surface area is 340 Å². The number of benzene rings is 2. The fourth-order valence-corrected chi connectivity index (χ4v) is 4.91. The number of carbonyl (C=O) groups excluding carboxylic acids is 1. The number of aromatic nitrogens is 2. The molecule has 1 aliphatic rings. The topological polar surface area (TPSA) is 88.9 Å². The smallest absolute Gasteiger partial charge is 0.158 e. The Bertz CT molecular complexity index is 1750. The zero-order chi connectivity index (χ0) is 41.9. The molecular weight excluding hydrogens is 695 g/mol. The highest BCUT2D eigenvalue weighted by Gasteiger charge is 2.16. The molecule has 0 fully saturated rings. The first-order valence-corrected chi connectivity index (χ1v) is 20.6. The lowest BCUT2D eigenvalue weighted by Crippen LogP contribution is -2.14. The van der Waals surface area contributed by atoms with Crippen LogP contribution in [0.15, 0.2) is 78.0 Å². The molecule has 0 bridgehead atoms. The molecule has 56 heavy (non-hydrogen) atoms. The molecule has 0 radical (unpaired) electrons. The van der Waals surface area contributed by atoms with Crippen molar-refractivity contribution < 1.29 is 14.3 Å². The van der Waals surface area contributed by atoms with E-state index in [2.05, 4.69) is 86.9 Å². The van der Waals surface area contributed by atoms with Gasteiger partial charge in [0.1, 0.15) is 29.4 Å². The predicted molar refractivity (Wildman–Crippen MR) is 240 cm³/mol. The van der Waals surface area contributed by atoms with Gasteiger partial charge in [-0.15, -0.1) is 12.3 Å². The van der Waals surface area contributed by atoms with Crippen molar-refractivity contribution in [3.8, 4) is 23.8 Å². The van der Waals surface area contributed by atoms with Gasteiger partial charge >= 0.3 is 0 Å². The molecule has 1 aromatic heterocycles. The number of hydrogen-bond donors (Lipinski definition) is 1. The molecule has 8 nitrogen and oxygen atoms in total. The number of allylic oxidation sites excluding steroid dienone is 3. The Kier molecular flexibility index (Phi) is 25.0. The zero-order valence-corrected chi connectivity index (χ0v) is 36.6. The van der Waals surface area contributed by atoms with E-state index in [1.165, 1.54) is 25.7 Å². The van der Waals surface area contributed by atoms with Crippen LogP contribution in [0.25, 0.3) is 10.9 Å². The molecular formula is C48H71N5O3. The molecule has 1 aliphatic heterocycles. The van der Waals surface area contributed by atoms with Crippen molar-refractivity contribution in [2.45, 2.75) is 128 Å². The maximum Gasteiger partial charge on any atom is 0.158 e. The number of carbonyl (C=O) groups is 1. The van der Waals surface area contributed by atoms with Gasteiger partial charge in [-0.1, -0.05) is 100 Å². The summed E-state index contributed by atoms with van der Waals surface area (Å²) in [7, 11) is 0. The lowest BCUT2D eigenvalue weighted by Gasteiger charge is -2.19. The quantitative estimate of drug-likeness (QED) is 0.0882. The molecule has 2 heterocycles. The Hall–Kier alpha value is -4.90. The van der Waals surface area contributed by atoms with Crippen LogP contribution in [-0.2, 0) is 4.79 Å². The average Bonchev–Trinajstić information content (AvgIpc) is 3.20. The summed E-state index contributed by atoms with van der Waals surface area (Å²) in [4.78, 5) is 20.3. The Morgan fingerprint density at radius 2 is 1.73 bits per heavy atom. The van der Waals surface area contributed by atoms with Crippen molar-refractivity contribution in [2.24, 2.45) is 22.9 Å². The fourth-order valence-electron chi connectivity index (χ4n) is 4.91. The van der Waals surface area contributed by atoms with Gasteiger partial charge < -0.3 is 14.8 Å². The van der Waals surface area contributed by atoms with Crippen LogP contribution in [0.2, 0.25) is 0 Å². The van der Waals surface area contributed by atoms with Crippen molar-refractivity contribution in [3.63, 3.8) is 0 Å².